The highest BCUT2D eigenvalue weighted by atomic mass is 32.2. The fraction of sp³-hybridized carbons (Fsp3) is 0.750. The van der Waals surface area contributed by atoms with Crippen LogP contribution in [0.3, 0.4) is 0 Å². The Hall–Kier alpha value is -0.880. The van der Waals surface area contributed by atoms with E-state index in [4.69, 9.17) is 0 Å². The number of nitrogens with zero attached hydrogens (tertiary/aromatic N) is 3. The molecule has 0 aromatic carbocycles. The lowest BCUT2D eigenvalue weighted by atomic mass is 10.3. The molecule has 5 nitrogen and oxygen atoms in total. The van der Waals surface area contributed by atoms with Crippen LogP contribution in [0.15, 0.2) is 4.90 Å². The standard InChI is InChI=1S/C12H23N3O2S/c1-7-14(8-2)18(16,17)12-10(5)13-15(9(3)4)11(12)6/h9H,7-8H2,1-6H3. The Bertz CT molecular complexity index is 514. The molecule has 0 aliphatic heterocycles. The lowest BCUT2D eigenvalue weighted by Gasteiger charge is -2.18. The van der Waals surface area contributed by atoms with Crippen molar-refractivity contribution in [3.63, 3.8) is 0 Å². The van der Waals surface area contributed by atoms with Gasteiger partial charge in [0.15, 0.2) is 0 Å². The molecule has 0 bridgehead atoms. The minimum Gasteiger partial charge on any atom is -0.266 e. The van der Waals surface area contributed by atoms with Gasteiger partial charge in [0.05, 0.1) is 11.4 Å². The summed E-state index contributed by atoms with van der Waals surface area (Å²) in [4.78, 5) is 0.361. The van der Waals surface area contributed by atoms with Gasteiger partial charge in [-0.2, -0.15) is 9.40 Å². The van der Waals surface area contributed by atoms with Crippen LogP contribution in [-0.4, -0.2) is 35.6 Å². The number of aryl methyl sites for hydroxylation is 1. The van der Waals surface area contributed by atoms with Crippen LogP contribution in [0.1, 0.15) is 45.1 Å². The average molecular weight is 273 g/mol. The first-order chi connectivity index (χ1) is 8.27. The fourth-order valence-electron chi connectivity index (χ4n) is 2.22. The molecule has 104 valence electrons. The lowest BCUT2D eigenvalue weighted by molar-refractivity contribution is 0.444. The van der Waals surface area contributed by atoms with E-state index in [0.29, 0.717) is 23.7 Å². The van der Waals surface area contributed by atoms with E-state index in [9.17, 15) is 8.42 Å². The van der Waals surface area contributed by atoms with E-state index in [1.807, 2.05) is 34.6 Å². The van der Waals surface area contributed by atoms with Crippen LogP contribution in [-0.2, 0) is 10.0 Å². The first-order valence-electron chi connectivity index (χ1n) is 6.33. The van der Waals surface area contributed by atoms with E-state index in [2.05, 4.69) is 5.10 Å². The zero-order chi connectivity index (χ0) is 14.1. The van der Waals surface area contributed by atoms with Crippen molar-refractivity contribution in [2.75, 3.05) is 13.1 Å². The SMILES string of the molecule is CCN(CC)S(=O)(=O)c1c(C)nn(C(C)C)c1C. The summed E-state index contributed by atoms with van der Waals surface area (Å²) in [5.74, 6) is 0. The van der Waals surface area contributed by atoms with Gasteiger partial charge in [-0.15, -0.1) is 0 Å². The van der Waals surface area contributed by atoms with E-state index in [1.165, 1.54) is 4.31 Å². The van der Waals surface area contributed by atoms with Gasteiger partial charge in [0, 0.05) is 19.1 Å². The molecule has 0 amide bonds. The molecule has 1 heterocycles. The van der Waals surface area contributed by atoms with Crippen molar-refractivity contribution in [1.29, 1.82) is 0 Å². The fourth-order valence-corrected chi connectivity index (χ4v) is 4.04. The van der Waals surface area contributed by atoms with Gasteiger partial charge in [0.25, 0.3) is 0 Å². The minimum absolute atomic E-state index is 0.157. The van der Waals surface area contributed by atoms with Crippen LogP contribution in [0.4, 0.5) is 0 Å². The van der Waals surface area contributed by atoms with Crippen LogP contribution >= 0.6 is 0 Å². The molecule has 18 heavy (non-hydrogen) atoms. The molecule has 1 aromatic heterocycles. The minimum atomic E-state index is -3.43. The first-order valence-corrected chi connectivity index (χ1v) is 7.77. The van der Waals surface area contributed by atoms with E-state index >= 15 is 0 Å². The highest BCUT2D eigenvalue weighted by Gasteiger charge is 2.29. The maximum absolute atomic E-state index is 12.5. The molecule has 0 fully saturated rings. The van der Waals surface area contributed by atoms with Crippen molar-refractivity contribution < 1.29 is 8.42 Å². The molecule has 0 saturated heterocycles. The van der Waals surface area contributed by atoms with Gasteiger partial charge in [-0.25, -0.2) is 8.42 Å². The van der Waals surface area contributed by atoms with Gasteiger partial charge in [-0.05, 0) is 27.7 Å². The third kappa shape index (κ3) is 2.44. The first kappa shape index (κ1) is 15.2. The summed E-state index contributed by atoms with van der Waals surface area (Å²) >= 11 is 0. The molecule has 0 radical (unpaired) electrons. The Morgan fingerprint density at radius 1 is 1.22 bits per heavy atom. The van der Waals surface area contributed by atoms with Gasteiger partial charge >= 0.3 is 0 Å². The van der Waals surface area contributed by atoms with Gasteiger partial charge < -0.3 is 0 Å². The van der Waals surface area contributed by atoms with Crippen LogP contribution in [0.5, 0.6) is 0 Å². The smallest absolute Gasteiger partial charge is 0.246 e. The molecule has 1 aromatic rings. The zero-order valence-corrected chi connectivity index (χ0v) is 12.9. The topological polar surface area (TPSA) is 55.2 Å². The monoisotopic (exact) mass is 273 g/mol. The Balaban J connectivity index is 3.42. The maximum Gasteiger partial charge on any atom is 0.246 e. The molecule has 0 atom stereocenters. The highest BCUT2D eigenvalue weighted by molar-refractivity contribution is 7.89. The third-order valence-corrected chi connectivity index (χ3v) is 5.35. The predicted octanol–water partition coefficient (Wildman–Crippen LogP) is 2.11. The van der Waals surface area contributed by atoms with E-state index in [1.54, 1.807) is 11.6 Å². The Labute approximate surface area is 110 Å². The molecule has 0 aliphatic rings. The summed E-state index contributed by atoms with van der Waals surface area (Å²) in [7, 11) is -3.43. The second kappa shape index (κ2) is 5.40. The molecule has 0 saturated carbocycles. The molecule has 0 aliphatic carbocycles. The molecular formula is C12H23N3O2S. The number of sulfonamides is 1. The Kier molecular flexibility index (Phi) is 4.55. The van der Waals surface area contributed by atoms with Gasteiger partial charge in [0.1, 0.15) is 4.90 Å². The van der Waals surface area contributed by atoms with Crippen molar-refractivity contribution in [2.45, 2.75) is 52.5 Å². The summed E-state index contributed by atoms with van der Waals surface area (Å²) in [6.07, 6.45) is 0. The molecule has 1 rings (SSSR count). The molecule has 0 spiro atoms. The molecular weight excluding hydrogens is 250 g/mol. The molecule has 6 heteroatoms. The molecule has 0 unspecified atom stereocenters. The second-order valence-corrected chi connectivity index (χ2v) is 6.50. The van der Waals surface area contributed by atoms with E-state index < -0.39 is 10.0 Å². The Morgan fingerprint density at radius 2 is 1.72 bits per heavy atom. The largest absolute Gasteiger partial charge is 0.266 e. The number of aromatic nitrogens is 2. The maximum atomic E-state index is 12.5. The quantitative estimate of drug-likeness (QED) is 0.825. The van der Waals surface area contributed by atoms with E-state index in [0.717, 1.165) is 5.69 Å². The summed E-state index contributed by atoms with van der Waals surface area (Å²) in [5, 5.41) is 4.34. The van der Waals surface area contributed by atoms with Crippen LogP contribution in [0.2, 0.25) is 0 Å². The number of hydrogen-bond acceptors (Lipinski definition) is 3. The summed E-state index contributed by atoms with van der Waals surface area (Å²) in [6, 6.07) is 0.157. The number of rotatable bonds is 5. The second-order valence-electron chi connectivity index (χ2n) is 4.63. The molecule has 0 N–H and O–H groups in total. The predicted molar refractivity (Wildman–Crippen MR) is 72.2 cm³/mol. The number of hydrogen-bond donors (Lipinski definition) is 0. The van der Waals surface area contributed by atoms with Crippen LogP contribution in [0, 0.1) is 13.8 Å². The normalized spacial score (nSPS) is 12.7. The van der Waals surface area contributed by atoms with Crippen molar-refractivity contribution >= 4 is 10.0 Å². The van der Waals surface area contributed by atoms with Crippen molar-refractivity contribution in [3.8, 4) is 0 Å². The third-order valence-electron chi connectivity index (χ3n) is 3.05. The average Bonchev–Trinajstić information content (AvgIpc) is 2.56. The van der Waals surface area contributed by atoms with Gasteiger partial charge in [-0.1, -0.05) is 13.8 Å². The zero-order valence-electron chi connectivity index (χ0n) is 12.1. The Morgan fingerprint density at radius 3 is 2.06 bits per heavy atom. The summed E-state index contributed by atoms with van der Waals surface area (Å²) < 4.78 is 28.3. The highest BCUT2D eigenvalue weighted by Crippen LogP contribution is 2.25. The van der Waals surface area contributed by atoms with Crippen molar-refractivity contribution in [2.24, 2.45) is 0 Å². The van der Waals surface area contributed by atoms with Gasteiger partial charge in [0.2, 0.25) is 10.0 Å². The van der Waals surface area contributed by atoms with Crippen molar-refractivity contribution in [3.05, 3.63) is 11.4 Å². The van der Waals surface area contributed by atoms with E-state index in [-0.39, 0.29) is 6.04 Å². The van der Waals surface area contributed by atoms with Crippen molar-refractivity contribution in [1.82, 2.24) is 14.1 Å². The van der Waals surface area contributed by atoms with Crippen LogP contribution < -0.4 is 0 Å². The summed E-state index contributed by atoms with van der Waals surface area (Å²) in [6.45, 7) is 12.2. The lowest BCUT2D eigenvalue weighted by Crippen LogP contribution is -2.31. The summed E-state index contributed by atoms with van der Waals surface area (Å²) in [5.41, 5.74) is 1.29. The van der Waals surface area contributed by atoms with Gasteiger partial charge in [-0.3, -0.25) is 4.68 Å². The van der Waals surface area contributed by atoms with Crippen LogP contribution in [0.25, 0.3) is 0 Å².